The van der Waals surface area contributed by atoms with E-state index >= 15 is 0 Å². The molecule has 1 heteroatoms. The Bertz CT molecular complexity index is 3950. The van der Waals surface area contributed by atoms with Crippen molar-refractivity contribution in [3.05, 3.63) is 169 Å². The Morgan fingerprint density at radius 2 is 0.870 bits per heavy atom. The van der Waals surface area contributed by atoms with Crippen LogP contribution in [0.3, 0.4) is 0 Å². The van der Waals surface area contributed by atoms with E-state index in [0.717, 1.165) is 0 Å². The van der Waals surface area contributed by atoms with Crippen LogP contribution in [0, 0.1) is 6.92 Å². The number of hydrogen-bond donors (Lipinski definition) is 0. The summed E-state index contributed by atoms with van der Waals surface area (Å²) in [4.78, 5) is 0. The summed E-state index contributed by atoms with van der Waals surface area (Å²) in [5.41, 5.74) is -6.67. The number of fused-ring (bicyclic) bond motifs is 5. The van der Waals surface area contributed by atoms with Gasteiger partial charge < -0.3 is 4.42 Å². The largest absolute Gasteiger partial charge is 0.456 e. The van der Waals surface area contributed by atoms with Crippen LogP contribution in [0.15, 0.2) is 168 Å². The van der Waals surface area contributed by atoms with Crippen molar-refractivity contribution in [3.8, 4) is 44.5 Å². The lowest BCUT2D eigenvalue weighted by Crippen LogP contribution is -1.92. The van der Waals surface area contributed by atoms with Crippen LogP contribution in [0.5, 0.6) is 0 Å². The molecule has 46 heavy (non-hydrogen) atoms. The molecule has 0 fully saturated rings. The maximum Gasteiger partial charge on any atom is 0.135 e. The fourth-order valence-corrected chi connectivity index (χ4v) is 5.37. The zero-order valence-corrected chi connectivity index (χ0v) is 23.4. The summed E-state index contributed by atoms with van der Waals surface area (Å²) in [5.74, 6) is 0. The Morgan fingerprint density at radius 3 is 1.54 bits per heavy atom. The van der Waals surface area contributed by atoms with Gasteiger partial charge in [-0.3, -0.25) is 0 Å². The number of furan rings is 1. The van der Waals surface area contributed by atoms with Crippen molar-refractivity contribution in [2.75, 3.05) is 0 Å². The summed E-state index contributed by atoms with van der Waals surface area (Å²) in [6.07, 6.45) is 0. The van der Waals surface area contributed by atoms with E-state index in [0.29, 0.717) is 0 Å². The Kier molecular flexibility index (Phi) is 2.50. The first-order chi connectivity index (χ1) is 34.0. The van der Waals surface area contributed by atoms with E-state index in [2.05, 4.69) is 0 Å². The molecule has 9 rings (SSSR count). The molecule has 0 bridgehead atoms. The second-order valence-electron chi connectivity index (χ2n) is 10.0. The Morgan fingerprint density at radius 1 is 0.370 bits per heavy atom. The zero-order chi connectivity index (χ0) is 54.1. The molecule has 0 unspecified atom stereocenters. The quantitative estimate of drug-likeness (QED) is 0.180. The standard InChI is InChI=1S/C45H30O/c1-29-27-34(23-25-35(29)31-11-3-2-4-12-31)45-39-16-7-5-14-37(39)44(38-15-6-8-17-40(38)45)32-21-19-30(20-22-32)33-24-26-43-41(28-33)36-13-9-10-18-42(36)46-43/h2-28H,1H3/i2D,3D,4D,5D,6D,7D,8D,9D,10D,11D,12D,13D,14D,15D,16D,17D,18D,19D,20D,21D,22D,23D,24D,25D,26D,27D,28D. The summed E-state index contributed by atoms with van der Waals surface area (Å²) in [7, 11) is 0. The fourth-order valence-electron chi connectivity index (χ4n) is 5.37. The van der Waals surface area contributed by atoms with Gasteiger partial charge in [0, 0.05) is 10.8 Å². The highest BCUT2D eigenvalue weighted by Crippen LogP contribution is 2.44. The van der Waals surface area contributed by atoms with Gasteiger partial charge in [0.2, 0.25) is 0 Å². The predicted octanol–water partition coefficient (Wildman–Crippen LogP) is 12.9. The number of benzene rings is 8. The van der Waals surface area contributed by atoms with Crippen LogP contribution in [-0.2, 0) is 0 Å². The summed E-state index contributed by atoms with van der Waals surface area (Å²) in [6, 6.07) is -23.7. The average Bonchev–Trinajstić information content (AvgIpc) is 3.77. The average molecular weight is 614 g/mol. The van der Waals surface area contributed by atoms with E-state index < -0.39 is 246 Å². The summed E-state index contributed by atoms with van der Waals surface area (Å²) in [6.45, 7) is 1.22. The van der Waals surface area contributed by atoms with E-state index in [1.54, 1.807) is 0 Å². The van der Waals surface area contributed by atoms with Gasteiger partial charge in [0.25, 0.3) is 0 Å². The van der Waals surface area contributed by atoms with E-state index in [1.807, 2.05) is 0 Å². The van der Waals surface area contributed by atoms with Gasteiger partial charge in [-0.15, -0.1) is 0 Å². The second kappa shape index (κ2) is 10.6. The van der Waals surface area contributed by atoms with Gasteiger partial charge in [-0.05, 0) is 96.7 Å². The normalized spacial score (nSPS) is 19.8. The molecule has 0 aliphatic carbocycles. The van der Waals surface area contributed by atoms with Crippen LogP contribution in [0.25, 0.3) is 88.0 Å². The predicted molar refractivity (Wildman–Crippen MR) is 195 cm³/mol. The molecule has 0 N–H and O–H groups in total. The topological polar surface area (TPSA) is 13.1 Å². The molecule has 0 atom stereocenters. The Balaban J connectivity index is 1.49. The van der Waals surface area contributed by atoms with Gasteiger partial charge in [-0.2, -0.15) is 0 Å². The van der Waals surface area contributed by atoms with Crippen LogP contribution in [-0.4, -0.2) is 0 Å². The van der Waals surface area contributed by atoms with Gasteiger partial charge in [-0.25, -0.2) is 0 Å². The van der Waals surface area contributed by atoms with Gasteiger partial charge in [-0.1, -0.05) is 145 Å². The Hall–Kier alpha value is -5.92. The van der Waals surface area contributed by atoms with Gasteiger partial charge in [0.1, 0.15) is 11.2 Å². The molecule has 0 amide bonds. The third-order valence-electron chi connectivity index (χ3n) is 7.39. The van der Waals surface area contributed by atoms with Crippen molar-refractivity contribution in [1.82, 2.24) is 0 Å². The second-order valence-corrected chi connectivity index (χ2v) is 10.0. The molecule has 0 aliphatic rings. The molecule has 1 nitrogen and oxygen atoms in total. The lowest BCUT2D eigenvalue weighted by atomic mass is 9.85. The fraction of sp³-hybridized carbons (Fsp3) is 0.0222. The third kappa shape index (κ3) is 4.24. The smallest absolute Gasteiger partial charge is 0.135 e. The molecule has 216 valence electrons. The lowest BCUT2D eigenvalue weighted by molar-refractivity contribution is 0.669. The molecule has 1 heterocycles. The van der Waals surface area contributed by atoms with Gasteiger partial charge >= 0.3 is 0 Å². The number of para-hydroxylation sites is 1. The summed E-state index contributed by atoms with van der Waals surface area (Å²) >= 11 is 0. The van der Waals surface area contributed by atoms with Crippen LogP contribution in [0.2, 0.25) is 0 Å². The van der Waals surface area contributed by atoms with Crippen molar-refractivity contribution < 1.29 is 41.4 Å². The van der Waals surface area contributed by atoms with Crippen molar-refractivity contribution in [3.63, 3.8) is 0 Å². The Labute approximate surface area is 305 Å². The first-order valence-electron chi connectivity index (χ1n) is 27.2. The SMILES string of the molecule is [2H]c1c([2H])c([2H])c(-c2c([2H])c([2H])c(-c3c4c([2H])c([2H])c([2H])c([2H])c4c(-c4c([2H])c([2H])c(-c5c([2H])c([2H])c6oc7c([2H])c([2H])c([2H])c([2H])c7c6c5[2H])c([2H])c4[2H])c4c([2H])c([2H])c([2H])c([2H])c34)c([2H])c2C)c([2H])c1[2H]. The van der Waals surface area contributed by atoms with Crippen molar-refractivity contribution in [2.24, 2.45) is 0 Å². The van der Waals surface area contributed by atoms with E-state index in [1.165, 1.54) is 6.92 Å². The third-order valence-corrected chi connectivity index (χ3v) is 7.39. The first-order valence-corrected chi connectivity index (χ1v) is 13.7. The van der Waals surface area contributed by atoms with Crippen molar-refractivity contribution >= 4 is 43.5 Å². The molecule has 1 aromatic heterocycles. The molecule has 0 saturated heterocycles. The van der Waals surface area contributed by atoms with Crippen molar-refractivity contribution in [1.29, 1.82) is 0 Å². The minimum atomic E-state index is -1.06. The van der Waals surface area contributed by atoms with Gasteiger partial charge in [0.05, 0.1) is 37.0 Å². The molecule has 9 aromatic rings. The van der Waals surface area contributed by atoms with Crippen LogP contribution in [0.4, 0.5) is 0 Å². The molecule has 0 spiro atoms. The highest BCUT2D eigenvalue weighted by Gasteiger charge is 2.17. The summed E-state index contributed by atoms with van der Waals surface area (Å²) < 4.78 is 247. The zero-order valence-electron chi connectivity index (χ0n) is 50.4. The number of hydrogen-bond acceptors (Lipinski definition) is 1. The highest BCUT2D eigenvalue weighted by atomic mass is 16.3. The maximum atomic E-state index is 9.53. The highest BCUT2D eigenvalue weighted by molar-refractivity contribution is 6.21. The van der Waals surface area contributed by atoms with E-state index in [4.69, 9.17) is 25.0 Å². The van der Waals surface area contributed by atoms with Crippen LogP contribution in [0.1, 0.15) is 42.6 Å². The van der Waals surface area contributed by atoms with Gasteiger partial charge in [0.15, 0.2) is 0 Å². The maximum absolute atomic E-state index is 9.53. The summed E-state index contributed by atoms with van der Waals surface area (Å²) in [5, 5.41) is -3.58. The lowest BCUT2D eigenvalue weighted by Gasteiger charge is -2.19. The van der Waals surface area contributed by atoms with Crippen LogP contribution >= 0.6 is 0 Å². The molecule has 0 saturated carbocycles. The molecular weight excluding hydrogens is 556 g/mol. The van der Waals surface area contributed by atoms with E-state index in [-0.39, 0.29) is 10.9 Å². The van der Waals surface area contributed by atoms with Crippen LogP contribution < -0.4 is 0 Å². The molecule has 0 radical (unpaired) electrons. The number of rotatable bonds is 4. The minimum Gasteiger partial charge on any atom is -0.456 e. The van der Waals surface area contributed by atoms with Crippen molar-refractivity contribution in [2.45, 2.75) is 6.92 Å². The molecular formula is C45H30O. The minimum absolute atomic E-state index is 0.294. The molecule has 8 aromatic carbocycles. The molecule has 0 aliphatic heterocycles. The monoisotopic (exact) mass is 613 g/mol. The first kappa shape index (κ1) is 10.9. The van der Waals surface area contributed by atoms with E-state index in [9.17, 15) is 16.4 Å².